The maximum absolute atomic E-state index is 12.9. The Hall–Kier alpha value is -2.62. The second-order valence-electron chi connectivity index (χ2n) is 7.42. The van der Waals surface area contributed by atoms with E-state index >= 15 is 0 Å². The number of rotatable bonds is 8. The Morgan fingerprint density at radius 1 is 1.10 bits per heavy atom. The Morgan fingerprint density at radius 2 is 1.73 bits per heavy atom. The number of hydrazine groups is 1. The van der Waals surface area contributed by atoms with Gasteiger partial charge in [0.05, 0.1) is 12.5 Å². The first-order valence-electron chi connectivity index (χ1n) is 9.94. The van der Waals surface area contributed by atoms with Crippen molar-refractivity contribution in [1.82, 2.24) is 10.9 Å². The van der Waals surface area contributed by atoms with Gasteiger partial charge in [0.1, 0.15) is 5.75 Å². The molecule has 0 spiro atoms. The molecule has 0 aromatic heterocycles. The fourth-order valence-electron chi connectivity index (χ4n) is 3.20. The molecule has 9 heteroatoms. The second kappa shape index (κ2) is 9.46. The first-order valence-corrected chi connectivity index (χ1v) is 11.5. The van der Waals surface area contributed by atoms with Crippen LogP contribution in [0.5, 0.6) is 5.75 Å². The van der Waals surface area contributed by atoms with Gasteiger partial charge in [-0.05, 0) is 54.8 Å². The molecule has 0 bridgehead atoms. The standard InChI is InChI=1S/C21H28N4O4S/c1-4-29-18-11-9-17(10-12-18)25-30(27,28)21-19(13-22-24-21)20(26)23-16-7-5-15(6-8-16)14(2)3/h5-12,14,19,21-22,24-25H,4,13H2,1-3H3,(H,23,26). The van der Waals surface area contributed by atoms with Crippen LogP contribution < -0.4 is 25.6 Å². The molecule has 1 saturated heterocycles. The number of anilines is 2. The van der Waals surface area contributed by atoms with Crippen LogP contribution in [0.15, 0.2) is 48.5 Å². The van der Waals surface area contributed by atoms with Crippen LogP contribution in [0.3, 0.4) is 0 Å². The number of carbonyl (C=O) groups is 1. The van der Waals surface area contributed by atoms with Crippen molar-refractivity contribution >= 4 is 27.3 Å². The largest absolute Gasteiger partial charge is 0.494 e. The normalized spacial score (nSPS) is 18.9. The van der Waals surface area contributed by atoms with E-state index in [4.69, 9.17) is 4.74 Å². The summed E-state index contributed by atoms with van der Waals surface area (Å²) < 4.78 is 33.6. The van der Waals surface area contributed by atoms with Gasteiger partial charge in [0.2, 0.25) is 5.91 Å². The van der Waals surface area contributed by atoms with E-state index in [9.17, 15) is 13.2 Å². The van der Waals surface area contributed by atoms with E-state index in [0.717, 1.165) is 5.56 Å². The highest BCUT2D eigenvalue weighted by Gasteiger charge is 2.41. The molecule has 0 radical (unpaired) electrons. The zero-order valence-electron chi connectivity index (χ0n) is 17.3. The zero-order valence-corrected chi connectivity index (χ0v) is 18.1. The first kappa shape index (κ1) is 22.1. The highest BCUT2D eigenvalue weighted by molar-refractivity contribution is 7.93. The fraction of sp³-hybridized carbons (Fsp3) is 0.381. The number of nitrogens with one attached hydrogen (secondary N) is 4. The number of ether oxygens (including phenoxy) is 1. The number of carbonyl (C=O) groups excluding carboxylic acids is 1. The Labute approximate surface area is 177 Å². The second-order valence-corrected chi connectivity index (χ2v) is 9.22. The number of hydrogen-bond donors (Lipinski definition) is 4. The minimum Gasteiger partial charge on any atom is -0.494 e. The Bertz CT molecular complexity index is 960. The first-order chi connectivity index (χ1) is 14.3. The smallest absolute Gasteiger partial charge is 0.250 e. The molecule has 162 valence electrons. The van der Waals surface area contributed by atoms with Gasteiger partial charge in [-0.1, -0.05) is 26.0 Å². The van der Waals surface area contributed by atoms with Crippen LogP contribution in [0.2, 0.25) is 0 Å². The van der Waals surface area contributed by atoms with Gasteiger partial charge < -0.3 is 10.1 Å². The van der Waals surface area contributed by atoms with Crippen molar-refractivity contribution in [2.75, 3.05) is 23.2 Å². The summed E-state index contributed by atoms with van der Waals surface area (Å²) in [5.41, 5.74) is 7.68. The van der Waals surface area contributed by atoms with Gasteiger partial charge in [-0.2, -0.15) is 0 Å². The van der Waals surface area contributed by atoms with Crippen LogP contribution in [0.25, 0.3) is 0 Å². The Kier molecular flexibility index (Phi) is 6.96. The zero-order chi connectivity index (χ0) is 21.7. The lowest BCUT2D eigenvalue weighted by Crippen LogP contribution is -2.45. The average Bonchev–Trinajstić information content (AvgIpc) is 3.21. The van der Waals surface area contributed by atoms with Crippen molar-refractivity contribution in [3.8, 4) is 5.75 Å². The SMILES string of the molecule is CCOc1ccc(NS(=O)(=O)C2NNCC2C(=O)Nc2ccc(C(C)C)cc2)cc1. The summed E-state index contributed by atoms with van der Waals surface area (Å²) >= 11 is 0. The van der Waals surface area contributed by atoms with E-state index in [2.05, 4.69) is 34.7 Å². The quantitative estimate of drug-likeness (QED) is 0.511. The molecule has 30 heavy (non-hydrogen) atoms. The van der Waals surface area contributed by atoms with E-state index in [-0.39, 0.29) is 12.5 Å². The van der Waals surface area contributed by atoms with Gasteiger partial charge in [-0.15, -0.1) is 0 Å². The van der Waals surface area contributed by atoms with E-state index in [1.807, 2.05) is 31.2 Å². The van der Waals surface area contributed by atoms with Gasteiger partial charge in [0.25, 0.3) is 10.0 Å². The third-order valence-corrected chi connectivity index (χ3v) is 6.51. The summed E-state index contributed by atoms with van der Waals surface area (Å²) in [6, 6.07) is 14.2. The summed E-state index contributed by atoms with van der Waals surface area (Å²) in [6.45, 7) is 6.79. The van der Waals surface area contributed by atoms with Crippen molar-refractivity contribution in [3.05, 3.63) is 54.1 Å². The van der Waals surface area contributed by atoms with Crippen LogP contribution in [-0.2, 0) is 14.8 Å². The molecule has 1 fully saturated rings. The molecule has 1 heterocycles. The van der Waals surface area contributed by atoms with Crippen LogP contribution in [0, 0.1) is 5.92 Å². The van der Waals surface area contributed by atoms with Crippen molar-refractivity contribution in [1.29, 1.82) is 0 Å². The summed E-state index contributed by atoms with van der Waals surface area (Å²) in [6.07, 6.45) is 0. The van der Waals surface area contributed by atoms with Gasteiger partial charge in [-0.3, -0.25) is 14.9 Å². The summed E-state index contributed by atoms with van der Waals surface area (Å²) in [7, 11) is -3.87. The molecule has 3 rings (SSSR count). The Balaban J connectivity index is 1.67. The third kappa shape index (κ3) is 5.29. The van der Waals surface area contributed by atoms with Gasteiger partial charge in [0.15, 0.2) is 5.37 Å². The molecule has 1 amide bonds. The van der Waals surface area contributed by atoms with Crippen molar-refractivity contribution in [2.45, 2.75) is 32.1 Å². The number of amides is 1. The highest BCUT2D eigenvalue weighted by Crippen LogP contribution is 2.23. The van der Waals surface area contributed by atoms with Gasteiger partial charge >= 0.3 is 0 Å². The van der Waals surface area contributed by atoms with Crippen LogP contribution >= 0.6 is 0 Å². The molecule has 2 unspecified atom stereocenters. The number of sulfonamides is 1. The summed E-state index contributed by atoms with van der Waals surface area (Å²) in [5, 5.41) is 1.70. The lowest BCUT2D eigenvalue weighted by molar-refractivity contribution is -0.119. The molecule has 4 N–H and O–H groups in total. The molecular weight excluding hydrogens is 404 g/mol. The molecule has 0 saturated carbocycles. The molecule has 1 aliphatic rings. The van der Waals surface area contributed by atoms with Gasteiger partial charge in [0, 0.05) is 17.9 Å². The van der Waals surface area contributed by atoms with Crippen molar-refractivity contribution < 1.29 is 17.9 Å². The van der Waals surface area contributed by atoms with Crippen molar-refractivity contribution in [3.63, 3.8) is 0 Å². The Morgan fingerprint density at radius 3 is 2.33 bits per heavy atom. The predicted molar refractivity (Wildman–Crippen MR) is 118 cm³/mol. The molecule has 0 aliphatic carbocycles. The minimum atomic E-state index is -3.87. The lowest BCUT2D eigenvalue weighted by Gasteiger charge is -2.20. The lowest BCUT2D eigenvalue weighted by atomic mass is 10.0. The molecule has 8 nitrogen and oxygen atoms in total. The maximum atomic E-state index is 12.9. The number of hydrogen-bond acceptors (Lipinski definition) is 6. The molecular formula is C21H28N4O4S. The van der Waals surface area contributed by atoms with Crippen molar-refractivity contribution in [2.24, 2.45) is 5.92 Å². The molecule has 2 aromatic carbocycles. The van der Waals surface area contributed by atoms with E-state index in [1.165, 1.54) is 0 Å². The van der Waals surface area contributed by atoms with E-state index in [0.29, 0.717) is 29.6 Å². The topological polar surface area (TPSA) is 109 Å². The summed E-state index contributed by atoms with van der Waals surface area (Å²) in [4.78, 5) is 12.8. The predicted octanol–water partition coefficient (Wildman–Crippen LogP) is 2.64. The van der Waals surface area contributed by atoms with Crippen LogP contribution in [-0.4, -0.2) is 32.9 Å². The molecule has 1 aliphatic heterocycles. The molecule has 2 atom stereocenters. The maximum Gasteiger partial charge on any atom is 0.250 e. The summed E-state index contributed by atoms with van der Waals surface area (Å²) in [5.74, 6) is -0.120. The monoisotopic (exact) mass is 432 g/mol. The van der Waals surface area contributed by atoms with Gasteiger partial charge in [-0.25, -0.2) is 13.8 Å². The van der Waals surface area contributed by atoms with Crippen LogP contribution in [0.1, 0.15) is 32.3 Å². The number of benzene rings is 2. The van der Waals surface area contributed by atoms with E-state index in [1.54, 1.807) is 24.3 Å². The van der Waals surface area contributed by atoms with E-state index < -0.39 is 21.3 Å². The molecule has 2 aromatic rings. The third-order valence-electron chi connectivity index (χ3n) is 4.87. The average molecular weight is 433 g/mol. The minimum absolute atomic E-state index is 0.199. The highest BCUT2D eigenvalue weighted by atomic mass is 32.2. The van der Waals surface area contributed by atoms with Crippen LogP contribution in [0.4, 0.5) is 11.4 Å². The fourth-order valence-corrected chi connectivity index (χ4v) is 4.68.